The number of piperazine rings is 2. The minimum Gasteiger partial charge on any atom is -0.354 e. The van der Waals surface area contributed by atoms with E-state index in [1.54, 1.807) is 59.1 Å². The molecule has 2 saturated heterocycles. The standard InChI is InChI=1S/C36H40BrClFN7O2.C22H31FN6O2/c1-36(2,3)43-35(48)46-15-14-44(33-30-11-8-27(38)17-24(30)6-7-25-16-26(37)18-42-32(25)33)21-31(46)34(47)41-13-12-29-19-40-22-45(29)20-23-4-9-28(39)10-5-23;1-22(2,3)27-21(31)29-11-10-24-13-19(29)20(30)26-9-8-18-12-25-15-28(18)14-16-4-6-17(23)7-5-16/h4-5,8-11,16-19,22,31,33H,6-7,12-15,20-21H2,1-3H3,(H,41,47)(H,43,48);4-7,12,15,19,24H,8-11,13-14H2,1-3H3,(H,26,30)(H,27,31)/t31-,33?;19-/m11/s1. The number of halogens is 4. The summed E-state index contributed by atoms with van der Waals surface area (Å²) in [4.78, 5) is 71.9. The maximum atomic E-state index is 14.0. The monoisotopic (exact) mass is 1170 g/mol. The minimum absolute atomic E-state index is 0.180. The van der Waals surface area contributed by atoms with E-state index in [-0.39, 0.29) is 47.1 Å². The molecule has 3 aliphatic rings. The molecule has 420 valence electrons. The van der Waals surface area contributed by atoms with E-state index in [2.05, 4.69) is 69.5 Å². The number of rotatable bonds is 13. The lowest BCUT2D eigenvalue weighted by Crippen LogP contribution is -2.64. The summed E-state index contributed by atoms with van der Waals surface area (Å²) in [6, 6.07) is 18.9. The molecule has 9 rings (SSSR count). The van der Waals surface area contributed by atoms with Crippen LogP contribution >= 0.6 is 27.5 Å². The Balaban J connectivity index is 0.000000229. The third-order valence-electron chi connectivity index (χ3n) is 13.9. The van der Waals surface area contributed by atoms with Crippen LogP contribution in [-0.2, 0) is 48.4 Å². The summed E-state index contributed by atoms with van der Waals surface area (Å²) in [7, 11) is 0. The van der Waals surface area contributed by atoms with Crippen molar-refractivity contribution in [2.45, 2.75) is 110 Å². The summed E-state index contributed by atoms with van der Waals surface area (Å²) >= 11 is 10.0. The minimum atomic E-state index is -0.733. The average Bonchev–Trinajstić information content (AvgIpc) is 4.01. The van der Waals surface area contributed by atoms with Crippen molar-refractivity contribution in [2.75, 3.05) is 52.4 Å². The van der Waals surface area contributed by atoms with Crippen LogP contribution in [0.1, 0.15) is 92.5 Å². The van der Waals surface area contributed by atoms with E-state index in [4.69, 9.17) is 16.6 Å². The van der Waals surface area contributed by atoms with Gasteiger partial charge in [0, 0.05) is 129 Å². The molecule has 0 bridgehead atoms. The van der Waals surface area contributed by atoms with Gasteiger partial charge in [-0.1, -0.05) is 41.9 Å². The molecule has 5 N–H and O–H groups in total. The van der Waals surface area contributed by atoms with Gasteiger partial charge in [0.15, 0.2) is 0 Å². The summed E-state index contributed by atoms with van der Waals surface area (Å²) in [5, 5.41) is 15.9. The Morgan fingerprint density at radius 1 is 0.684 bits per heavy atom. The van der Waals surface area contributed by atoms with Gasteiger partial charge in [-0.3, -0.25) is 19.5 Å². The van der Waals surface area contributed by atoms with E-state index < -0.39 is 17.6 Å². The summed E-state index contributed by atoms with van der Waals surface area (Å²) in [6.45, 7) is 16.3. The quantitative estimate of drug-likeness (QED) is 0.0784. The van der Waals surface area contributed by atoms with Crippen LogP contribution in [0.4, 0.5) is 18.4 Å². The molecular formula is C58H71BrClF2N13O4. The maximum Gasteiger partial charge on any atom is 0.318 e. The Hall–Kier alpha value is -6.74. The fraction of sp³-hybridized carbons (Fsp3) is 0.431. The molecular weight excluding hydrogens is 1100 g/mol. The second-order valence-electron chi connectivity index (χ2n) is 22.3. The highest BCUT2D eigenvalue weighted by molar-refractivity contribution is 9.10. The zero-order valence-corrected chi connectivity index (χ0v) is 48.0. The summed E-state index contributed by atoms with van der Waals surface area (Å²) < 4.78 is 31.4. The molecule has 1 unspecified atom stereocenters. The zero-order chi connectivity index (χ0) is 56.4. The van der Waals surface area contributed by atoms with Gasteiger partial charge in [0.05, 0.1) is 24.4 Å². The first kappa shape index (κ1) is 58.4. The van der Waals surface area contributed by atoms with Crippen LogP contribution in [0.5, 0.6) is 0 Å². The number of fused-ring (bicyclic) bond motifs is 2. The molecule has 3 atom stereocenters. The van der Waals surface area contributed by atoms with Crippen molar-refractivity contribution in [3.8, 4) is 0 Å². The van der Waals surface area contributed by atoms with Gasteiger partial charge in [0.1, 0.15) is 23.7 Å². The van der Waals surface area contributed by atoms with E-state index in [0.717, 1.165) is 62.2 Å². The first-order valence-corrected chi connectivity index (χ1v) is 27.9. The Kier molecular flexibility index (Phi) is 19.2. The number of amides is 6. The van der Waals surface area contributed by atoms with Gasteiger partial charge in [0.2, 0.25) is 11.8 Å². The highest BCUT2D eigenvalue weighted by Gasteiger charge is 2.41. The number of hydrogen-bond acceptors (Lipinski definition) is 9. The average molecular weight is 1170 g/mol. The van der Waals surface area contributed by atoms with E-state index >= 15 is 0 Å². The number of imidazole rings is 2. The highest BCUT2D eigenvalue weighted by Crippen LogP contribution is 2.38. The van der Waals surface area contributed by atoms with Crippen LogP contribution in [0.3, 0.4) is 0 Å². The molecule has 2 fully saturated rings. The van der Waals surface area contributed by atoms with Crippen molar-refractivity contribution in [1.29, 1.82) is 0 Å². The Labute approximate surface area is 474 Å². The van der Waals surface area contributed by atoms with Gasteiger partial charge in [-0.2, -0.15) is 0 Å². The van der Waals surface area contributed by atoms with Crippen LogP contribution in [0.15, 0.2) is 109 Å². The molecule has 3 aromatic carbocycles. The molecule has 0 spiro atoms. The second-order valence-corrected chi connectivity index (χ2v) is 23.6. The zero-order valence-electron chi connectivity index (χ0n) is 45.7. The smallest absolute Gasteiger partial charge is 0.318 e. The third-order valence-corrected chi connectivity index (χ3v) is 14.6. The first-order valence-electron chi connectivity index (χ1n) is 26.8. The number of carbonyl (C=O) groups is 4. The second kappa shape index (κ2) is 26.0. The normalized spacial score (nSPS) is 17.6. The van der Waals surface area contributed by atoms with Gasteiger partial charge in [0.25, 0.3) is 0 Å². The molecule has 79 heavy (non-hydrogen) atoms. The molecule has 21 heteroatoms. The van der Waals surface area contributed by atoms with Crippen LogP contribution in [0, 0.1) is 11.6 Å². The molecule has 1 aliphatic carbocycles. The van der Waals surface area contributed by atoms with Crippen molar-refractivity contribution in [3.63, 3.8) is 0 Å². The van der Waals surface area contributed by atoms with E-state index in [1.807, 2.05) is 69.0 Å². The Bertz CT molecular complexity index is 3020. The third kappa shape index (κ3) is 16.0. The molecule has 6 aromatic rings. The Morgan fingerprint density at radius 3 is 1.77 bits per heavy atom. The predicted molar refractivity (Wildman–Crippen MR) is 304 cm³/mol. The fourth-order valence-corrected chi connectivity index (χ4v) is 10.7. The number of pyridine rings is 1. The molecule has 6 amide bonds. The number of urea groups is 2. The lowest BCUT2D eigenvalue weighted by Gasteiger charge is -2.44. The van der Waals surface area contributed by atoms with Gasteiger partial charge in [-0.05, 0) is 141 Å². The first-order chi connectivity index (χ1) is 37.7. The van der Waals surface area contributed by atoms with Gasteiger partial charge < -0.3 is 45.5 Å². The van der Waals surface area contributed by atoms with Crippen molar-refractivity contribution in [1.82, 2.24) is 65.4 Å². The Morgan fingerprint density at radius 2 is 1.22 bits per heavy atom. The molecule has 2 aliphatic heterocycles. The van der Waals surface area contributed by atoms with Crippen molar-refractivity contribution >= 4 is 51.4 Å². The molecule has 5 heterocycles. The van der Waals surface area contributed by atoms with Crippen LogP contribution < -0.4 is 26.6 Å². The number of nitrogens with zero attached hydrogens (tertiary/aromatic N) is 8. The summed E-state index contributed by atoms with van der Waals surface area (Å²) in [5.74, 6) is -0.942. The van der Waals surface area contributed by atoms with Crippen molar-refractivity contribution < 1.29 is 28.0 Å². The van der Waals surface area contributed by atoms with Gasteiger partial charge in [-0.25, -0.2) is 28.3 Å². The SMILES string of the molecule is CC(C)(C)NC(=O)N1CCN(C2c3ccc(Cl)cc3CCc3cc(Br)cnc32)C[C@@H]1C(=O)NCCc1cncn1Cc1ccc(F)cc1.CC(C)(C)NC(=O)N1CCNC[C@@H]1C(=O)NCCc1cncn1Cc1ccc(F)cc1. The predicted octanol–water partition coefficient (Wildman–Crippen LogP) is 7.43. The number of carbonyl (C=O) groups excluding carboxylic acids is 4. The van der Waals surface area contributed by atoms with E-state index in [0.29, 0.717) is 83.3 Å². The number of benzene rings is 3. The van der Waals surface area contributed by atoms with Gasteiger partial charge >= 0.3 is 12.1 Å². The van der Waals surface area contributed by atoms with Crippen LogP contribution in [-0.4, -0.2) is 138 Å². The summed E-state index contributed by atoms with van der Waals surface area (Å²) in [6.07, 6.45) is 11.6. The van der Waals surface area contributed by atoms with E-state index in [1.165, 1.54) is 24.3 Å². The fourth-order valence-electron chi connectivity index (χ4n) is 10.1. The molecule has 0 radical (unpaired) electrons. The summed E-state index contributed by atoms with van der Waals surface area (Å²) in [5.41, 5.74) is 7.38. The van der Waals surface area contributed by atoms with Gasteiger partial charge in [-0.15, -0.1) is 0 Å². The number of nitrogens with one attached hydrogen (secondary N) is 5. The van der Waals surface area contributed by atoms with Crippen molar-refractivity contribution in [3.05, 3.63) is 170 Å². The largest absolute Gasteiger partial charge is 0.354 e. The molecule has 17 nitrogen and oxygen atoms in total. The van der Waals surface area contributed by atoms with E-state index in [9.17, 15) is 28.0 Å². The van der Waals surface area contributed by atoms with Crippen LogP contribution in [0.2, 0.25) is 5.02 Å². The van der Waals surface area contributed by atoms with Crippen LogP contribution in [0.25, 0.3) is 0 Å². The molecule has 3 aromatic heterocycles. The number of aryl methyl sites for hydroxylation is 2. The number of aromatic nitrogens is 5. The lowest BCUT2D eigenvalue weighted by molar-refractivity contribution is -0.128. The maximum absolute atomic E-state index is 14.0. The topological polar surface area (TPSA) is 187 Å². The highest BCUT2D eigenvalue weighted by atomic mass is 79.9. The number of hydrogen-bond donors (Lipinski definition) is 5. The molecule has 0 saturated carbocycles. The van der Waals surface area contributed by atoms with Crippen molar-refractivity contribution in [2.24, 2.45) is 0 Å². The lowest BCUT2D eigenvalue weighted by atomic mass is 9.95.